The quantitative estimate of drug-likeness (QED) is 0.308. The summed E-state index contributed by atoms with van der Waals surface area (Å²) in [6.07, 6.45) is 3.20. The third-order valence-electron chi connectivity index (χ3n) is 6.55. The molecule has 0 saturated heterocycles. The number of cyclic esters (lactones) is 1. The molecule has 1 unspecified atom stereocenters. The molecule has 3 aromatic carbocycles. The molecular weight excluding hydrogens is 412 g/mol. The molecule has 2 aliphatic rings. The number of esters is 1. The van der Waals surface area contributed by atoms with Gasteiger partial charge in [-0.1, -0.05) is 73.9 Å². The predicted octanol–water partition coefficient (Wildman–Crippen LogP) is 7.27. The van der Waals surface area contributed by atoms with Crippen LogP contribution >= 0.6 is 0 Å². The van der Waals surface area contributed by atoms with Crippen LogP contribution in [0.1, 0.15) is 78.9 Å². The Morgan fingerprint density at radius 2 is 1.73 bits per heavy atom. The third kappa shape index (κ3) is 3.78. The molecular formula is C29H30O4. The second kappa shape index (κ2) is 8.26. The summed E-state index contributed by atoms with van der Waals surface area (Å²) < 4.78 is 18.8. The molecule has 4 heteroatoms. The number of unbranched alkanes of at least 4 members (excludes halogenated alkanes) is 2. The molecule has 4 nitrogen and oxygen atoms in total. The van der Waals surface area contributed by atoms with E-state index in [1.54, 1.807) is 0 Å². The number of hydrogen-bond donors (Lipinski definition) is 0. The smallest absolute Gasteiger partial charge is 0.345 e. The Balaban J connectivity index is 1.72. The molecule has 0 saturated carbocycles. The molecule has 2 heterocycles. The summed E-state index contributed by atoms with van der Waals surface area (Å²) in [4.78, 5) is 13.4. The largest absolute Gasteiger partial charge is 0.482 e. The van der Waals surface area contributed by atoms with Gasteiger partial charge in [-0.25, -0.2) is 4.79 Å². The van der Waals surface area contributed by atoms with E-state index in [0.29, 0.717) is 11.3 Å². The molecule has 170 valence electrons. The van der Waals surface area contributed by atoms with E-state index in [9.17, 15) is 4.79 Å². The van der Waals surface area contributed by atoms with Gasteiger partial charge in [0.2, 0.25) is 0 Å². The SMILES string of the molecule is CCCCCc1cc2c(c3c1C(=O)OC(c1ccccc1)O3)-c1cc(C)ccc1C(C)(C)O2. The first-order chi connectivity index (χ1) is 15.9. The average molecular weight is 443 g/mol. The first-order valence-electron chi connectivity index (χ1n) is 11.8. The topological polar surface area (TPSA) is 44.8 Å². The van der Waals surface area contributed by atoms with Crippen molar-refractivity contribution in [3.05, 3.63) is 82.4 Å². The highest BCUT2D eigenvalue weighted by atomic mass is 16.7. The second-order valence-corrected chi connectivity index (χ2v) is 9.50. The lowest BCUT2D eigenvalue weighted by Gasteiger charge is -2.38. The fraction of sp³-hybridized carbons (Fsp3) is 0.345. The normalized spacial score (nSPS) is 17.7. The van der Waals surface area contributed by atoms with Crippen LogP contribution in [-0.4, -0.2) is 5.97 Å². The Morgan fingerprint density at radius 1 is 0.939 bits per heavy atom. The van der Waals surface area contributed by atoms with Gasteiger partial charge in [0.15, 0.2) is 5.75 Å². The van der Waals surface area contributed by atoms with Crippen LogP contribution in [0.4, 0.5) is 0 Å². The predicted molar refractivity (Wildman–Crippen MR) is 129 cm³/mol. The maximum absolute atomic E-state index is 13.4. The molecule has 0 radical (unpaired) electrons. The Morgan fingerprint density at radius 3 is 2.48 bits per heavy atom. The van der Waals surface area contributed by atoms with Crippen LogP contribution in [-0.2, 0) is 16.8 Å². The highest BCUT2D eigenvalue weighted by Crippen LogP contribution is 2.53. The zero-order chi connectivity index (χ0) is 23.2. The molecule has 2 aliphatic heterocycles. The maximum Gasteiger partial charge on any atom is 0.345 e. The first-order valence-corrected chi connectivity index (χ1v) is 11.8. The molecule has 3 aromatic rings. The molecule has 33 heavy (non-hydrogen) atoms. The van der Waals surface area contributed by atoms with Gasteiger partial charge < -0.3 is 14.2 Å². The number of aryl methyl sites for hydroxylation is 2. The minimum absolute atomic E-state index is 0.335. The van der Waals surface area contributed by atoms with E-state index in [4.69, 9.17) is 14.2 Å². The number of benzene rings is 3. The zero-order valence-corrected chi connectivity index (χ0v) is 19.7. The molecule has 0 spiro atoms. The Bertz CT molecular complexity index is 1210. The van der Waals surface area contributed by atoms with Gasteiger partial charge in [0, 0.05) is 11.1 Å². The monoisotopic (exact) mass is 442 g/mol. The van der Waals surface area contributed by atoms with Crippen molar-refractivity contribution in [2.24, 2.45) is 0 Å². The zero-order valence-electron chi connectivity index (χ0n) is 19.7. The van der Waals surface area contributed by atoms with Gasteiger partial charge in [0.05, 0.1) is 5.56 Å². The van der Waals surface area contributed by atoms with E-state index in [1.165, 1.54) is 0 Å². The standard InChI is InChI=1S/C29H30O4/c1-5-6-8-13-20-17-23-25(21-16-18(2)14-15-22(21)29(3,4)33-23)26-24(20)27(30)32-28(31-26)19-11-9-7-10-12-19/h7,9-12,14-17,28H,5-6,8,13H2,1-4H3. The Labute approximate surface area is 195 Å². The first kappa shape index (κ1) is 21.6. The summed E-state index contributed by atoms with van der Waals surface area (Å²) in [6.45, 7) is 8.43. The summed E-state index contributed by atoms with van der Waals surface area (Å²) in [5.74, 6) is 1.01. The number of fused-ring (bicyclic) bond motifs is 5. The van der Waals surface area contributed by atoms with Crippen molar-refractivity contribution in [2.75, 3.05) is 0 Å². The average Bonchev–Trinajstić information content (AvgIpc) is 2.78. The summed E-state index contributed by atoms with van der Waals surface area (Å²) >= 11 is 0. The van der Waals surface area contributed by atoms with Crippen molar-refractivity contribution < 1.29 is 19.0 Å². The van der Waals surface area contributed by atoms with E-state index >= 15 is 0 Å². The maximum atomic E-state index is 13.4. The van der Waals surface area contributed by atoms with Crippen molar-refractivity contribution in [1.82, 2.24) is 0 Å². The van der Waals surface area contributed by atoms with Crippen LogP contribution in [0.5, 0.6) is 11.5 Å². The number of hydrogen-bond acceptors (Lipinski definition) is 4. The molecule has 0 aliphatic carbocycles. The van der Waals surface area contributed by atoms with Crippen molar-refractivity contribution in [3.8, 4) is 22.6 Å². The molecule has 0 amide bonds. The molecule has 5 rings (SSSR count). The van der Waals surface area contributed by atoms with E-state index in [2.05, 4.69) is 45.9 Å². The molecule has 1 atom stereocenters. The number of carbonyl (C=O) groups is 1. The third-order valence-corrected chi connectivity index (χ3v) is 6.55. The summed E-state index contributed by atoms with van der Waals surface area (Å²) in [5, 5.41) is 0. The van der Waals surface area contributed by atoms with Crippen LogP contribution in [0.15, 0.2) is 54.6 Å². The van der Waals surface area contributed by atoms with Gasteiger partial charge in [0.25, 0.3) is 6.29 Å². The molecule has 0 N–H and O–H groups in total. The van der Waals surface area contributed by atoms with Crippen LogP contribution in [0.2, 0.25) is 0 Å². The number of rotatable bonds is 5. The summed E-state index contributed by atoms with van der Waals surface area (Å²) in [7, 11) is 0. The van der Waals surface area contributed by atoms with Crippen LogP contribution in [0.3, 0.4) is 0 Å². The minimum atomic E-state index is -0.788. The summed E-state index contributed by atoms with van der Waals surface area (Å²) in [6, 6.07) is 18.0. The van der Waals surface area contributed by atoms with E-state index < -0.39 is 11.9 Å². The lowest BCUT2D eigenvalue weighted by molar-refractivity contribution is -0.0625. The van der Waals surface area contributed by atoms with Crippen molar-refractivity contribution in [1.29, 1.82) is 0 Å². The van der Waals surface area contributed by atoms with Crippen molar-refractivity contribution in [2.45, 2.75) is 65.3 Å². The molecule has 0 bridgehead atoms. The summed E-state index contributed by atoms with van der Waals surface area (Å²) in [5.41, 5.74) is 5.92. The lowest BCUT2D eigenvalue weighted by atomic mass is 9.83. The van der Waals surface area contributed by atoms with Crippen LogP contribution < -0.4 is 9.47 Å². The van der Waals surface area contributed by atoms with Crippen LogP contribution in [0, 0.1) is 6.92 Å². The number of carbonyl (C=O) groups excluding carboxylic acids is 1. The van der Waals surface area contributed by atoms with Gasteiger partial charge in [-0.15, -0.1) is 0 Å². The van der Waals surface area contributed by atoms with E-state index in [-0.39, 0.29) is 5.97 Å². The van der Waals surface area contributed by atoms with Gasteiger partial charge >= 0.3 is 5.97 Å². The van der Waals surface area contributed by atoms with E-state index in [0.717, 1.165) is 64.8 Å². The Kier molecular flexibility index (Phi) is 5.40. The lowest BCUT2D eigenvalue weighted by Crippen LogP contribution is -2.31. The molecule has 0 fully saturated rings. The van der Waals surface area contributed by atoms with Crippen molar-refractivity contribution in [3.63, 3.8) is 0 Å². The fourth-order valence-electron chi connectivity index (χ4n) is 4.88. The van der Waals surface area contributed by atoms with E-state index in [1.807, 2.05) is 36.4 Å². The Hall–Kier alpha value is -3.27. The highest BCUT2D eigenvalue weighted by Gasteiger charge is 2.40. The van der Waals surface area contributed by atoms with Gasteiger partial charge in [-0.05, 0) is 50.8 Å². The molecule has 0 aromatic heterocycles. The minimum Gasteiger partial charge on any atom is -0.482 e. The van der Waals surface area contributed by atoms with Crippen molar-refractivity contribution >= 4 is 5.97 Å². The van der Waals surface area contributed by atoms with Gasteiger partial charge in [-0.3, -0.25) is 0 Å². The highest BCUT2D eigenvalue weighted by molar-refractivity contribution is 6.00. The van der Waals surface area contributed by atoms with Gasteiger partial charge in [0.1, 0.15) is 16.9 Å². The fourth-order valence-corrected chi connectivity index (χ4v) is 4.88. The number of ether oxygens (including phenoxy) is 3. The van der Waals surface area contributed by atoms with Crippen LogP contribution in [0.25, 0.3) is 11.1 Å². The second-order valence-electron chi connectivity index (χ2n) is 9.50. The van der Waals surface area contributed by atoms with Gasteiger partial charge in [-0.2, -0.15) is 0 Å².